The van der Waals surface area contributed by atoms with Gasteiger partial charge in [-0.25, -0.2) is 0 Å². The van der Waals surface area contributed by atoms with Crippen molar-refractivity contribution in [1.29, 1.82) is 0 Å². The summed E-state index contributed by atoms with van der Waals surface area (Å²) in [4.78, 5) is 16.3. The van der Waals surface area contributed by atoms with Crippen LogP contribution < -0.4 is 9.46 Å². The predicted molar refractivity (Wildman–Crippen MR) is 162 cm³/mol. The van der Waals surface area contributed by atoms with Gasteiger partial charge in [-0.05, 0) is 81.2 Å². The molecule has 0 aliphatic carbocycles. The summed E-state index contributed by atoms with van der Waals surface area (Å²) in [6.07, 6.45) is 8.56. The molecule has 214 valence electrons. The van der Waals surface area contributed by atoms with Gasteiger partial charge in [0.15, 0.2) is 5.78 Å². The summed E-state index contributed by atoms with van der Waals surface area (Å²) >= 11 is 1.05. The highest BCUT2D eigenvalue weighted by atomic mass is 32.2. The maximum atomic E-state index is 13.7. The molecule has 0 bridgehead atoms. The zero-order chi connectivity index (χ0) is 28.0. The molecule has 39 heavy (non-hydrogen) atoms. The number of hydrogen-bond donors (Lipinski definition) is 2. The lowest BCUT2D eigenvalue weighted by Crippen LogP contribution is -2.28. The van der Waals surface area contributed by atoms with E-state index in [0.29, 0.717) is 29.7 Å². The summed E-state index contributed by atoms with van der Waals surface area (Å²) < 4.78 is 16.2. The van der Waals surface area contributed by atoms with Gasteiger partial charge in [-0.15, -0.1) is 4.47 Å². The minimum absolute atomic E-state index is 0.0574. The first-order valence-electron chi connectivity index (χ1n) is 14.4. The van der Waals surface area contributed by atoms with Crippen LogP contribution in [0.2, 0.25) is 0 Å². The van der Waals surface area contributed by atoms with Gasteiger partial charge in [0.2, 0.25) is 0 Å². The van der Waals surface area contributed by atoms with Crippen LogP contribution in [0.25, 0.3) is 11.0 Å². The van der Waals surface area contributed by atoms with E-state index in [-0.39, 0.29) is 5.78 Å². The second-order valence-electron chi connectivity index (χ2n) is 9.98. The molecule has 0 aliphatic heterocycles. The summed E-state index contributed by atoms with van der Waals surface area (Å²) in [5, 5.41) is 10.2. The second kappa shape index (κ2) is 16.6. The number of rotatable bonds is 19. The Balaban J connectivity index is 1.68. The van der Waals surface area contributed by atoms with Crippen molar-refractivity contribution >= 4 is 34.6 Å². The van der Waals surface area contributed by atoms with Crippen molar-refractivity contribution in [3.8, 4) is 5.75 Å². The molecule has 0 radical (unpaired) electrons. The molecule has 0 aliphatic rings. The second-order valence-corrected chi connectivity index (χ2v) is 10.9. The molecule has 3 aromatic rings. The number of ether oxygens (including phenoxy) is 1. The van der Waals surface area contributed by atoms with Crippen molar-refractivity contribution in [2.75, 3.05) is 38.0 Å². The first-order chi connectivity index (χ1) is 19.0. The first kappa shape index (κ1) is 31.0. The number of fused-ring (bicyclic) bond motifs is 1. The van der Waals surface area contributed by atoms with E-state index in [1.54, 1.807) is 0 Å². The van der Waals surface area contributed by atoms with Crippen LogP contribution in [-0.4, -0.2) is 53.6 Å². The Bertz CT molecular complexity index is 1140. The van der Waals surface area contributed by atoms with Gasteiger partial charge in [0.25, 0.3) is 0 Å². The fraction of sp³-hybridized carbons (Fsp3) is 0.516. The zero-order valence-corrected chi connectivity index (χ0v) is 24.8. The number of ketones is 1. The van der Waals surface area contributed by atoms with Crippen molar-refractivity contribution < 1.29 is 19.2 Å². The van der Waals surface area contributed by atoms with E-state index in [1.165, 1.54) is 32.7 Å². The number of furan rings is 1. The molecule has 0 spiro atoms. The topological polar surface area (TPSA) is 78.2 Å². The van der Waals surface area contributed by atoms with Gasteiger partial charge in [0.1, 0.15) is 17.1 Å². The monoisotopic (exact) mass is 555 g/mol. The third-order valence-electron chi connectivity index (χ3n) is 6.70. The van der Waals surface area contributed by atoms with Crippen LogP contribution in [0.1, 0.15) is 87.4 Å². The highest BCUT2D eigenvalue weighted by Gasteiger charge is 2.22. The number of aryl methyl sites for hydroxylation is 1. The van der Waals surface area contributed by atoms with Crippen molar-refractivity contribution in [2.24, 2.45) is 0 Å². The lowest BCUT2D eigenvalue weighted by Gasteiger charge is -2.21. The van der Waals surface area contributed by atoms with Gasteiger partial charge in [-0.2, -0.15) is 0 Å². The zero-order valence-electron chi connectivity index (χ0n) is 24.0. The molecule has 0 unspecified atom stereocenters. The molecule has 7 nitrogen and oxygen atoms in total. The minimum Gasteiger partial charge on any atom is -0.494 e. The Labute approximate surface area is 238 Å². The molecule has 1 aromatic heterocycles. The summed E-state index contributed by atoms with van der Waals surface area (Å²) in [6, 6.07) is 13.1. The van der Waals surface area contributed by atoms with Crippen molar-refractivity contribution in [3.63, 3.8) is 0 Å². The fourth-order valence-electron chi connectivity index (χ4n) is 4.52. The van der Waals surface area contributed by atoms with Gasteiger partial charge in [0.05, 0.1) is 24.3 Å². The van der Waals surface area contributed by atoms with Crippen LogP contribution >= 0.6 is 12.1 Å². The van der Waals surface area contributed by atoms with E-state index in [0.717, 1.165) is 78.1 Å². The van der Waals surface area contributed by atoms with E-state index in [1.807, 2.05) is 42.5 Å². The Hall–Kier alpha value is -2.52. The molecule has 2 N–H and O–H groups in total. The molecule has 2 aromatic carbocycles. The molecular formula is C31H45N3O4S. The van der Waals surface area contributed by atoms with Crippen LogP contribution in [-0.2, 0) is 6.42 Å². The SMILES string of the molecule is CCCCc1oc2ccc(NSN(C)O)cc2c1C(=O)c1ccc(OCCCN(CCCC)CCCC)cc1. The number of nitrogens with one attached hydrogen (secondary N) is 1. The van der Waals surface area contributed by atoms with Crippen LogP contribution in [0, 0.1) is 0 Å². The summed E-state index contributed by atoms with van der Waals surface area (Å²) in [6.45, 7) is 10.6. The Kier molecular flexibility index (Phi) is 13.2. The number of anilines is 1. The smallest absolute Gasteiger partial charge is 0.197 e. The van der Waals surface area contributed by atoms with Crippen LogP contribution in [0.15, 0.2) is 46.9 Å². The van der Waals surface area contributed by atoms with Gasteiger partial charge in [0, 0.05) is 36.7 Å². The molecule has 0 saturated carbocycles. The molecule has 0 atom stereocenters. The van der Waals surface area contributed by atoms with Gasteiger partial charge in [-0.3, -0.25) is 4.79 Å². The maximum Gasteiger partial charge on any atom is 0.197 e. The molecule has 3 rings (SSSR count). The van der Waals surface area contributed by atoms with Crippen molar-refractivity contribution in [1.82, 2.24) is 9.37 Å². The summed E-state index contributed by atoms with van der Waals surface area (Å²) in [7, 11) is 1.54. The van der Waals surface area contributed by atoms with E-state index in [4.69, 9.17) is 9.15 Å². The van der Waals surface area contributed by atoms with E-state index < -0.39 is 0 Å². The Morgan fingerprint density at radius 3 is 2.26 bits per heavy atom. The number of hydroxylamine groups is 1. The van der Waals surface area contributed by atoms with E-state index in [9.17, 15) is 10.0 Å². The lowest BCUT2D eigenvalue weighted by atomic mass is 9.98. The molecule has 1 heterocycles. The Morgan fingerprint density at radius 1 is 0.949 bits per heavy atom. The average molecular weight is 556 g/mol. The number of carbonyl (C=O) groups excluding carboxylic acids is 1. The van der Waals surface area contributed by atoms with Crippen molar-refractivity contribution in [2.45, 2.75) is 72.1 Å². The predicted octanol–water partition coefficient (Wildman–Crippen LogP) is 7.97. The van der Waals surface area contributed by atoms with Crippen LogP contribution in [0.3, 0.4) is 0 Å². The van der Waals surface area contributed by atoms with E-state index in [2.05, 4.69) is 30.4 Å². The third-order valence-corrected chi connectivity index (χ3v) is 7.29. The molecule has 0 amide bonds. The number of unbranched alkanes of at least 4 members (excludes halogenated alkanes) is 3. The fourth-order valence-corrected chi connectivity index (χ4v) is 4.88. The number of hydrogen-bond acceptors (Lipinski definition) is 8. The van der Waals surface area contributed by atoms with Crippen molar-refractivity contribution in [3.05, 3.63) is 59.4 Å². The number of nitrogens with zero attached hydrogens (tertiary/aromatic N) is 2. The maximum absolute atomic E-state index is 13.7. The van der Waals surface area contributed by atoms with Gasteiger partial charge in [-0.1, -0.05) is 40.0 Å². The molecule has 0 saturated heterocycles. The summed E-state index contributed by atoms with van der Waals surface area (Å²) in [5.41, 5.74) is 2.68. The number of carbonyl (C=O) groups is 1. The van der Waals surface area contributed by atoms with E-state index >= 15 is 0 Å². The highest BCUT2D eigenvalue weighted by Crippen LogP contribution is 2.32. The quantitative estimate of drug-likeness (QED) is 0.0667. The Morgan fingerprint density at radius 2 is 1.62 bits per heavy atom. The average Bonchev–Trinajstić information content (AvgIpc) is 3.31. The molecular weight excluding hydrogens is 510 g/mol. The largest absolute Gasteiger partial charge is 0.494 e. The third kappa shape index (κ3) is 9.57. The summed E-state index contributed by atoms with van der Waals surface area (Å²) in [5.74, 6) is 1.44. The van der Waals surface area contributed by atoms with Crippen LogP contribution in [0.4, 0.5) is 5.69 Å². The van der Waals surface area contributed by atoms with Gasteiger partial charge < -0.3 is 24.0 Å². The first-order valence-corrected chi connectivity index (χ1v) is 15.1. The molecule has 8 heteroatoms. The number of benzene rings is 2. The van der Waals surface area contributed by atoms with Gasteiger partial charge >= 0.3 is 0 Å². The highest BCUT2D eigenvalue weighted by molar-refractivity contribution is 7.98. The standard InChI is InChI=1S/C31H45N3O4S/c1-5-8-12-29-30(27-23-25(32-39-33(4)36)15-18-28(27)38-29)31(35)24-13-16-26(17-14-24)37-22-11-21-34(19-9-6-2)20-10-7-3/h13-18,23,32,36H,5-12,19-22H2,1-4H3. The minimum atomic E-state index is -0.0574. The van der Waals surface area contributed by atoms with Crippen LogP contribution in [0.5, 0.6) is 5.75 Å². The normalized spacial score (nSPS) is 11.6. The lowest BCUT2D eigenvalue weighted by molar-refractivity contribution is 0.0459. The molecule has 0 fully saturated rings.